The van der Waals surface area contributed by atoms with E-state index in [2.05, 4.69) is 4.74 Å². The van der Waals surface area contributed by atoms with Crippen LogP contribution in [0.1, 0.15) is 12.5 Å². The number of aliphatic hydroxyl groups is 1. The Labute approximate surface area is 93.8 Å². The highest BCUT2D eigenvalue weighted by Gasteiger charge is 2.49. The second-order valence-electron chi connectivity index (χ2n) is 3.97. The van der Waals surface area contributed by atoms with Gasteiger partial charge in [-0.15, -0.1) is 0 Å². The Bertz CT molecular complexity index is 415. The van der Waals surface area contributed by atoms with Gasteiger partial charge in [-0.2, -0.15) is 0 Å². The van der Waals surface area contributed by atoms with Crippen LogP contribution >= 0.6 is 0 Å². The first kappa shape index (κ1) is 11.0. The fourth-order valence-corrected chi connectivity index (χ4v) is 1.97. The Morgan fingerprint density at radius 3 is 2.94 bits per heavy atom. The molecular formula is C12H14O4. The molecule has 0 spiro atoms. The normalized spacial score (nSPS) is 27.8. The first-order chi connectivity index (χ1) is 7.60. The summed E-state index contributed by atoms with van der Waals surface area (Å²) in [5, 5.41) is 10.5. The maximum absolute atomic E-state index is 11.7. The molecule has 2 atom stereocenters. The van der Waals surface area contributed by atoms with Gasteiger partial charge >= 0.3 is 5.97 Å². The second kappa shape index (κ2) is 3.79. The largest absolute Gasteiger partial charge is 0.493 e. The van der Waals surface area contributed by atoms with Crippen molar-refractivity contribution in [2.75, 3.05) is 13.7 Å². The van der Waals surface area contributed by atoms with E-state index >= 15 is 0 Å². The fraction of sp³-hybridized carbons (Fsp3) is 0.417. The standard InChI is InChI=1S/C12H14O4/c1-8-7-16-10-6-4-3-5-9(10)12(8,14)11(13)15-2/h3-6,8,14H,7H2,1-2H3. The number of para-hydroxylation sites is 1. The summed E-state index contributed by atoms with van der Waals surface area (Å²) in [7, 11) is 1.27. The summed E-state index contributed by atoms with van der Waals surface area (Å²) in [5.74, 6) is -0.445. The molecule has 1 heterocycles. The maximum Gasteiger partial charge on any atom is 0.343 e. The molecule has 0 aliphatic carbocycles. The molecule has 1 aromatic carbocycles. The van der Waals surface area contributed by atoms with Crippen LogP contribution in [0.15, 0.2) is 24.3 Å². The van der Waals surface area contributed by atoms with Crippen molar-refractivity contribution in [1.29, 1.82) is 0 Å². The number of ether oxygens (including phenoxy) is 2. The maximum atomic E-state index is 11.7. The number of esters is 1. The molecule has 1 aliphatic rings. The molecule has 0 bridgehead atoms. The second-order valence-corrected chi connectivity index (χ2v) is 3.97. The van der Waals surface area contributed by atoms with E-state index in [0.717, 1.165) is 0 Å². The summed E-state index contributed by atoms with van der Waals surface area (Å²) in [6, 6.07) is 6.97. The Morgan fingerprint density at radius 1 is 1.56 bits per heavy atom. The molecular weight excluding hydrogens is 208 g/mol. The van der Waals surface area contributed by atoms with Gasteiger partial charge in [0.1, 0.15) is 5.75 Å². The predicted molar refractivity (Wildman–Crippen MR) is 57.0 cm³/mol. The minimum Gasteiger partial charge on any atom is -0.493 e. The zero-order valence-corrected chi connectivity index (χ0v) is 9.27. The first-order valence-corrected chi connectivity index (χ1v) is 5.13. The molecule has 0 saturated heterocycles. The van der Waals surface area contributed by atoms with Crippen LogP contribution in [0.2, 0.25) is 0 Å². The van der Waals surface area contributed by atoms with Gasteiger partial charge in [0.25, 0.3) is 0 Å². The van der Waals surface area contributed by atoms with Crippen LogP contribution in [-0.4, -0.2) is 24.8 Å². The van der Waals surface area contributed by atoms with Gasteiger partial charge in [0.2, 0.25) is 0 Å². The van der Waals surface area contributed by atoms with Crippen molar-refractivity contribution in [3.8, 4) is 5.75 Å². The lowest BCUT2D eigenvalue weighted by Gasteiger charge is -2.36. The van der Waals surface area contributed by atoms with Crippen molar-refractivity contribution in [3.05, 3.63) is 29.8 Å². The third-order valence-electron chi connectivity index (χ3n) is 3.00. The van der Waals surface area contributed by atoms with Gasteiger partial charge in [-0.05, 0) is 6.07 Å². The minimum absolute atomic E-state index is 0.294. The first-order valence-electron chi connectivity index (χ1n) is 5.13. The van der Waals surface area contributed by atoms with Crippen LogP contribution in [0.4, 0.5) is 0 Å². The summed E-state index contributed by atoms with van der Waals surface area (Å²) in [5.41, 5.74) is -1.13. The molecule has 1 aromatic rings. The van der Waals surface area contributed by atoms with E-state index in [1.165, 1.54) is 7.11 Å². The molecule has 0 radical (unpaired) electrons. The van der Waals surface area contributed by atoms with Gasteiger partial charge in [-0.3, -0.25) is 0 Å². The fourth-order valence-electron chi connectivity index (χ4n) is 1.97. The number of hydrogen-bond donors (Lipinski definition) is 1. The quantitative estimate of drug-likeness (QED) is 0.722. The van der Waals surface area contributed by atoms with Gasteiger partial charge in [0.15, 0.2) is 5.60 Å². The van der Waals surface area contributed by atoms with Crippen molar-refractivity contribution in [2.24, 2.45) is 5.92 Å². The van der Waals surface area contributed by atoms with Crippen LogP contribution in [-0.2, 0) is 15.1 Å². The Balaban J connectivity index is 2.56. The molecule has 2 unspecified atom stereocenters. The lowest BCUT2D eigenvalue weighted by Crippen LogP contribution is -2.47. The Morgan fingerprint density at radius 2 is 2.25 bits per heavy atom. The number of fused-ring (bicyclic) bond motifs is 1. The highest BCUT2D eigenvalue weighted by molar-refractivity contribution is 5.82. The highest BCUT2D eigenvalue weighted by Crippen LogP contribution is 2.40. The third kappa shape index (κ3) is 1.38. The van der Waals surface area contributed by atoms with E-state index in [-0.39, 0.29) is 5.92 Å². The lowest BCUT2D eigenvalue weighted by molar-refractivity contribution is -0.173. The monoisotopic (exact) mass is 222 g/mol. The zero-order chi connectivity index (χ0) is 11.8. The molecule has 1 N–H and O–H groups in total. The Hall–Kier alpha value is -1.55. The van der Waals surface area contributed by atoms with Crippen molar-refractivity contribution in [1.82, 2.24) is 0 Å². The van der Waals surface area contributed by atoms with Crippen LogP contribution < -0.4 is 4.74 Å². The van der Waals surface area contributed by atoms with Crippen molar-refractivity contribution in [2.45, 2.75) is 12.5 Å². The topological polar surface area (TPSA) is 55.8 Å². The highest BCUT2D eigenvalue weighted by atomic mass is 16.5. The third-order valence-corrected chi connectivity index (χ3v) is 3.00. The van der Waals surface area contributed by atoms with Gasteiger partial charge in [0, 0.05) is 11.5 Å². The molecule has 16 heavy (non-hydrogen) atoms. The molecule has 0 saturated carbocycles. The van der Waals surface area contributed by atoms with E-state index in [9.17, 15) is 9.90 Å². The van der Waals surface area contributed by atoms with Crippen molar-refractivity contribution < 1.29 is 19.4 Å². The summed E-state index contributed by atoms with van der Waals surface area (Å²) in [6.45, 7) is 2.05. The van der Waals surface area contributed by atoms with E-state index in [1.807, 2.05) is 0 Å². The lowest BCUT2D eigenvalue weighted by atomic mass is 9.80. The van der Waals surface area contributed by atoms with Crippen LogP contribution in [0.3, 0.4) is 0 Å². The molecule has 0 fully saturated rings. The SMILES string of the molecule is COC(=O)C1(O)c2ccccc2OCC1C. The smallest absolute Gasteiger partial charge is 0.343 e. The van der Waals surface area contributed by atoms with E-state index in [0.29, 0.717) is 17.9 Å². The van der Waals surface area contributed by atoms with Crippen LogP contribution in [0.5, 0.6) is 5.75 Å². The number of rotatable bonds is 1. The van der Waals surface area contributed by atoms with Crippen LogP contribution in [0.25, 0.3) is 0 Å². The summed E-state index contributed by atoms with van der Waals surface area (Å²) in [6.07, 6.45) is 0. The number of benzene rings is 1. The molecule has 86 valence electrons. The summed E-state index contributed by atoms with van der Waals surface area (Å²) in [4.78, 5) is 11.7. The average Bonchev–Trinajstić information content (AvgIpc) is 2.33. The molecule has 4 heteroatoms. The van der Waals surface area contributed by atoms with Gasteiger partial charge in [0.05, 0.1) is 13.7 Å². The van der Waals surface area contributed by atoms with Gasteiger partial charge in [-0.25, -0.2) is 4.79 Å². The van der Waals surface area contributed by atoms with Gasteiger partial charge in [-0.1, -0.05) is 25.1 Å². The van der Waals surface area contributed by atoms with Crippen LogP contribution in [0, 0.1) is 5.92 Å². The molecule has 4 nitrogen and oxygen atoms in total. The molecule has 0 aromatic heterocycles. The average molecular weight is 222 g/mol. The minimum atomic E-state index is -1.61. The van der Waals surface area contributed by atoms with E-state index in [1.54, 1.807) is 31.2 Å². The summed E-state index contributed by atoms with van der Waals surface area (Å²) >= 11 is 0. The zero-order valence-electron chi connectivity index (χ0n) is 9.27. The summed E-state index contributed by atoms with van der Waals surface area (Å²) < 4.78 is 10.1. The number of methoxy groups -OCH3 is 1. The van der Waals surface area contributed by atoms with Crippen molar-refractivity contribution >= 4 is 5.97 Å². The molecule has 0 amide bonds. The van der Waals surface area contributed by atoms with Crippen molar-refractivity contribution in [3.63, 3.8) is 0 Å². The number of hydrogen-bond acceptors (Lipinski definition) is 4. The van der Waals surface area contributed by atoms with E-state index < -0.39 is 11.6 Å². The number of carbonyl (C=O) groups is 1. The number of carbonyl (C=O) groups excluding carboxylic acids is 1. The van der Waals surface area contributed by atoms with E-state index in [4.69, 9.17) is 4.74 Å². The Kier molecular flexibility index (Phi) is 2.59. The van der Waals surface area contributed by atoms with Gasteiger partial charge < -0.3 is 14.6 Å². The molecule has 1 aliphatic heterocycles. The predicted octanol–water partition coefficient (Wildman–Crippen LogP) is 1.08. The molecule has 2 rings (SSSR count).